The summed E-state index contributed by atoms with van der Waals surface area (Å²) in [6.07, 6.45) is 1.50. The molecule has 0 N–H and O–H groups in total. The highest BCUT2D eigenvalue weighted by Gasteiger charge is 2.09. The summed E-state index contributed by atoms with van der Waals surface area (Å²) in [5, 5.41) is 13.1. The first-order valence-corrected chi connectivity index (χ1v) is 6.11. The molecule has 3 rings (SSSR count). The number of aromatic nitrogens is 3. The van der Waals surface area contributed by atoms with Crippen molar-refractivity contribution < 1.29 is 9.13 Å². The summed E-state index contributed by atoms with van der Waals surface area (Å²) in [7, 11) is 0. The molecule has 0 amide bonds. The van der Waals surface area contributed by atoms with Gasteiger partial charge >= 0.3 is 6.01 Å². The van der Waals surface area contributed by atoms with Gasteiger partial charge in [0, 0.05) is 0 Å². The highest BCUT2D eigenvalue weighted by atomic mass is 19.1. The molecule has 1 heterocycles. The van der Waals surface area contributed by atoms with E-state index in [1.54, 1.807) is 4.68 Å². The van der Waals surface area contributed by atoms with E-state index in [0.717, 1.165) is 11.8 Å². The lowest BCUT2D eigenvalue weighted by Gasteiger charge is -2.03. The van der Waals surface area contributed by atoms with E-state index in [-0.39, 0.29) is 17.3 Å². The van der Waals surface area contributed by atoms with Crippen LogP contribution in [0, 0.1) is 17.1 Å². The van der Waals surface area contributed by atoms with Gasteiger partial charge < -0.3 is 4.74 Å². The van der Waals surface area contributed by atoms with Crippen LogP contribution in [-0.4, -0.2) is 14.8 Å². The Bertz CT molecular complexity index is 808. The molecule has 0 aliphatic heterocycles. The number of hydrogen-bond donors (Lipinski definition) is 0. The Morgan fingerprint density at radius 3 is 2.71 bits per heavy atom. The minimum atomic E-state index is -0.498. The maximum Gasteiger partial charge on any atom is 0.341 e. The average Bonchev–Trinajstić information content (AvgIpc) is 2.98. The Hall–Kier alpha value is -3.20. The van der Waals surface area contributed by atoms with E-state index in [4.69, 9.17) is 10.00 Å². The largest absolute Gasteiger partial charge is 0.422 e. The zero-order valence-electron chi connectivity index (χ0n) is 10.8. The van der Waals surface area contributed by atoms with Gasteiger partial charge in [-0.05, 0) is 30.3 Å². The molecule has 0 atom stereocenters. The third kappa shape index (κ3) is 2.72. The van der Waals surface area contributed by atoms with E-state index in [1.165, 1.54) is 18.5 Å². The first-order chi connectivity index (χ1) is 10.3. The van der Waals surface area contributed by atoms with Crippen molar-refractivity contribution in [2.45, 2.75) is 0 Å². The van der Waals surface area contributed by atoms with Crippen molar-refractivity contribution >= 4 is 0 Å². The highest BCUT2D eigenvalue weighted by molar-refractivity contribution is 5.44. The van der Waals surface area contributed by atoms with Gasteiger partial charge in [0.05, 0.1) is 11.3 Å². The fourth-order valence-corrected chi connectivity index (χ4v) is 1.78. The molecular weight excluding hydrogens is 271 g/mol. The fraction of sp³-hybridized carbons (Fsp3) is 0. The number of ether oxygens (including phenoxy) is 1. The quantitative estimate of drug-likeness (QED) is 0.739. The van der Waals surface area contributed by atoms with Crippen molar-refractivity contribution in [2.75, 3.05) is 0 Å². The Kier molecular flexibility index (Phi) is 3.31. The van der Waals surface area contributed by atoms with E-state index in [0.29, 0.717) is 0 Å². The van der Waals surface area contributed by atoms with Gasteiger partial charge in [-0.15, -0.1) is 5.10 Å². The molecule has 5 nitrogen and oxygen atoms in total. The minimum absolute atomic E-state index is 0.0851. The monoisotopic (exact) mass is 280 g/mol. The molecule has 0 fully saturated rings. The van der Waals surface area contributed by atoms with E-state index in [1.807, 2.05) is 36.4 Å². The molecule has 6 heteroatoms. The molecule has 0 bridgehead atoms. The molecule has 0 aliphatic rings. The molecule has 3 aromatic rings. The third-order valence-electron chi connectivity index (χ3n) is 2.75. The summed E-state index contributed by atoms with van der Waals surface area (Å²) in [5.74, 6) is -0.286. The van der Waals surface area contributed by atoms with Crippen LogP contribution in [-0.2, 0) is 0 Å². The van der Waals surface area contributed by atoms with Gasteiger partial charge in [-0.2, -0.15) is 10.2 Å². The summed E-state index contributed by atoms with van der Waals surface area (Å²) in [6.45, 7) is 0. The normalized spacial score (nSPS) is 10.1. The molecule has 0 radical (unpaired) electrons. The topological polar surface area (TPSA) is 63.7 Å². The molecule has 0 aliphatic carbocycles. The number of halogens is 1. The maximum absolute atomic E-state index is 13.1. The Balaban J connectivity index is 1.87. The lowest BCUT2D eigenvalue weighted by Crippen LogP contribution is -1.95. The van der Waals surface area contributed by atoms with E-state index >= 15 is 0 Å². The molecule has 0 unspecified atom stereocenters. The van der Waals surface area contributed by atoms with Crippen molar-refractivity contribution in [3.05, 3.63) is 66.2 Å². The molecule has 0 spiro atoms. The van der Waals surface area contributed by atoms with E-state index in [2.05, 4.69) is 10.1 Å². The van der Waals surface area contributed by atoms with Crippen LogP contribution in [0.25, 0.3) is 5.69 Å². The zero-order chi connectivity index (χ0) is 14.7. The first-order valence-electron chi connectivity index (χ1n) is 6.11. The van der Waals surface area contributed by atoms with Gasteiger partial charge in [-0.3, -0.25) is 0 Å². The van der Waals surface area contributed by atoms with Gasteiger partial charge in [0.2, 0.25) is 0 Å². The number of benzene rings is 2. The molecule has 0 saturated carbocycles. The Morgan fingerprint density at radius 2 is 1.95 bits per heavy atom. The van der Waals surface area contributed by atoms with E-state index < -0.39 is 5.82 Å². The van der Waals surface area contributed by atoms with E-state index in [9.17, 15) is 4.39 Å². The van der Waals surface area contributed by atoms with Crippen LogP contribution in [0.1, 0.15) is 5.56 Å². The van der Waals surface area contributed by atoms with Crippen molar-refractivity contribution in [3.63, 3.8) is 0 Å². The summed E-state index contributed by atoms with van der Waals surface area (Å²) >= 11 is 0. The number of nitrogens with zero attached hydrogens (tertiary/aromatic N) is 4. The van der Waals surface area contributed by atoms with Gasteiger partial charge in [0.15, 0.2) is 0 Å². The fourth-order valence-electron chi connectivity index (χ4n) is 1.78. The molecule has 2 aromatic carbocycles. The van der Waals surface area contributed by atoms with Crippen LogP contribution in [0.2, 0.25) is 0 Å². The van der Waals surface area contributed by atoms with Crippen LogP contribution in [0.4, 0.5) is 4.39 Å². The van der Waals surface area contributed by atoms with Crippen LogP contribution in [0.5, 0.6) is 11.8 Å². The predicted molar refractivity (Wildman–Crippen MR) is 72.5 cm³/mol. The minimum Gasteiger partial charge on any atom is -0.422 e. The second-order valence-corrected chi connectivity index (χ2v) is 4.16. The van der Waals surface area contributed by atoms with Crippen LogP contribution >= 0.6 is 0 Å². The van der Waals surface area contributed by atoms with Gasteiger partial charge in [0.1, 0.15) is 24.0 Å². The molecule has 102 valence electrons. The van der Waals surface area contributed by atoms with Crippen molar-refractivity contribution in [1.29, 1.82) is 5.26 Å². The smallest absolute Gasteiger partial charge is 0.341 e. The van der Waals surface area contributed by atoms with Crippen molar-refractivity contribution in [1.82, 2.24) is 14.8 Å². The lowest BCUT2D eigenvalue weighted by molar-refractivity contribution is 0.438. The van der Waals surface area contributed by atoms with Gasteiger partial charge in [0.25, 0.3) is 0 Å². The second-order valence-electron chi connectivity index (χ2n) is 4.16. The van der Waals surface area contributed by atoms with Crippen molar-refractivity contribution in [3.8, 4) is 23.5 Å². The maximum atomic E-state index is 13.1. The Labute approximate surface area is 119 Å². The van der Waals surface area contributed by atoms with Crippen LogP contribution in [0.3, 0.4) is 0 Å². The predicted octanol–water partition coefficient (Wildman–Crippen LogP) is 3.07. The van der Waals surface area contributed by atoms with Crippen molar-refractivity contribution in [2.24, 2.45) is 0 Å². The van der Waals surface area contributed by atoms with Crippen LogP contribution < -0.4 is 4.74 Å². The molecular formula is C15H9FN4O. The van der Waals surface area contributed by atoms with Gasteiger partial charge in [-0.1, -0.05) is 18.2 Å². The Morgan fingerprint density at radius 1 is 1.14 bits per heavy atom. The molecule has 1 aromatic heterocycles. The summed E-state index contributed by atoms with van der Waals surface area (Å²) in [5.41, 5.74) is 0.922. The second kappa shape index (κ2) is 5.43. The molecule has 21 heavy (non-hydrogen) atoms. The average molecular weight is 280 g/mol. The third-order valence-corrected chi connectivity index (χ3v) is 2.75. The SMILES string of the molecule is N#Cc1cc(F)ccc1Oc1ncn(-c2ccccc2)n1. The summed E-state index contributed by atoms with van der Waals surface area (Å²) in [6, 6.07) is 15.0. The first kappa shape index (κ1) is 12.8. The number of para-hydroxylation sites is 1. The van der Waals surface area contributed by atoms with Gasteiger partial charge in [-0.25, -0.2) is 9.07 Å². The zero-order valence-corrected chi connectivity index (χ0v) is 10.8. The number of rotatable bonds is 3. The summed E-state index contributed by atoms with van der Waals surface area (Å²) in [4.78, 5) is 4.01. The molecule has 0 saturated heterocycles. The highest BCUT2D eigenvalue weighted by Crippen LogP contribution is 2.23. The number of hydrogen-bond acceptors (Lipinski definition) is 4. The standard InChI is InChI=1S/C15H9FN4O/c16-12-6-7-14(11(8-12)9-17)21-15-18-10-20(19-15)13-4-2-1-3-5-13/h1-8,10H. The summed E-state index contributed by atoms with van der Waals surface area (Å²) < 4.78 is 20.0. The number of nitriles is 1. The van der Waals surface area contributed by atoms with Crippen LogP contribution in [0.15, 0.2) is 54.9 Å². The lowest BCUT2D eigenvalue weighted by atomic mass is 10.2.